The highest BCUT2D eigenvalue weighted by atomic mass is 19.4. The number of alkyl halides is 3. The number of hydrogen-bond donors (Lipinski definition) is 3. The standard InChI is InChI=1S/C30H31F3N6O4/c1-18-25(27(41)43-2)26(24-11-8-19(17-34)15-20(24)9-10-22-7-4-12-37(22)13-14-40)39-28(35-36-29(39)42)38(18)23-6-3-5-21(16-23)30(31,32)33/h3,5-6,8,11,15-16,22,26,40H,4,7,9-10,12-14H2,1-2H3,(H,36,42)/p+1/t22?,26-/m1/s1. The first kappa shape index (κ1) is 30.1. The molecule has 2 aromatic carbocycles. The molecule has 5 rings (SSSR count). The van der Waals surface area contributed by atoms with Gasteiger partial charge in [-0.2, -0.15) is 18.4 Å². The van der Waals surface area contributed by atoms with Gasteiger partial charge in [0, 0.05) is 30.6 Å². The lowest BCUT2D eigenvalue weighted by Gasteiger charge is -2.36. The van der Waals surface area contributed by atoms with Gasteiger partial charge in [-0.1, -0.05) is 12.1 Å². The van der Waals surface area contributed by atoms with Gasteiger partial charge in [-0.05, 0) is 54.8 Å². The number of aryl methyl sites for hydroxylation is 1. The Morgan fingerprint density at radius 1 is 1.28 bits per heavy atom. The summed E-state index contributed by atoms with van der Waals surface area (Å²) in [5.41, 5.74) is 0.515. The Labute approximate surface area is 245 Å². The van der Waals surface area contributed by atoms with Crippen molar-refractivity contribution in [2.24, 2.45) is 0 Å². The van der Waals surface area contributed by atoms with Crippen LogP contribution >= 0.6 is 0 Å². The fraction of sp³-hybridized carbons (Fsp3) is 0.400. The number of H-pyrrole nitrogens is 1. The summed E-state index contributed by atoms with van der Waals surface area (Å²) in [6.07, 6.45) is -1.29. The Bertz CT molecular complexity index is 1650. The predicted molar refractivity (Wildman–Crippen MR) is 150 cm³/mol. The summed E-state index contributed by atoms with van der Waals surface area (Å²) in [6, 6.07) is 11.0. The zero-order valence-corrected chi connectivity index (χ0v) is 23.7. The lowest BCUT2D eigenvalue weighted by molar-refractivity contribution is -0.912. The molecule has 0 saturated carbocycles. The number of likely N-dealkylation sites (tertiary alicyclic amines) is 1. The zero-order chi connectivity index (χ0) is 30.9. The van der Waals surface area contributed by atoms with Gasteiger partial charge in [0.05, 0.1) is 49.1 Å². The number of aliphatic hydroxyl groups is 1. The molecule has 3 atom stereocenters. The third kappa shape index (κ3) is 5.68. The number of ether oxygens (including phenoxy) is 1. The first-order valence-corrected chi connectivity index (χ1v) is 14.0. The molecule has 0 radical (unpaired) electrons. The SMILES string of the molecule is COC(=O)C1=C(C)N(c2cccc(C(F)(F)F)c2)c2n[nH]c(=O)n2[C@@H]1c1ccc(C#N)cc1CCC1CCC[NH+]1CCO. The molecule has 13 heteroatoms. The summed E-state index contributed by atoms with van der Waals surface area (Å²) in [7, 11) is 1.19. The smallest absolute Gasteiger partial charge is 0.416 e. The largest absolute Gasteiger partial charge is 0.466 e. The van der Waals surface area contributed by atoms with E-state index in [0.29, 0.717) is 30.1 Å². The number of benzene rings is 2. The third-order valence-corrected chi connectivity index (χ3v) is 8.37. The summed E-state index contributed by atoms with van der Waals surface area (Å²) in [6.45, 7) is 3.27. The van der Waals surface area contributed by atoms with Crippen LogP contribution in [0.5, 0.6) is 0 Å². The van der Waals surface area contributed by atoms with E-state index in [9.17, 15) is 33.1 Å². The zero-order valence-electron chi connectivity index (χ0n) is 23.7. The Morgan fingerprint density at radius 3 is 2.77 bits per heavy atom. The van der Waals surface area contributed by atoms with Crippen molar-refractivity contribution in [3.05, 3.63) is 86.5 Å². The maximum Gasteiger partial charge on any atom is 0.416 e. The molecule has 0 spiro atoms. The molecule has 10 nitrogen and oxygen atoms in total. The normalized spacial score (nSPS) is 20.2. The van der Waals surface area contributed by atoms with Gasteiger partial charge in [-0.25, -0.2) is 19.3 Å². The fourth-order valence-corrected chi connectivity index (χ4v) is 6.37. The number of hydrogen-bond acceptors (Lipinski definition) is 7. The maximum absolute atomic E-state index is 13.6. The van der Waals surface area contributed by atoms with Gasteiger partial charge >= 0.3 is 17.8 Å². The molecule has 0 amide bonds. The third-order valence-electron chi connectivity index (χ3n) is 8.37. The van der Waals surface area contributed by atoms with Crippen LogP contribution in [0.3, 0.4) is 0 Å². The summed E-state index contributed by atoms with van der Waals surface area (Å²) >= 11 is 0. The van der Waals surface area contributed by atoms with Crippen LogP contribution in [0.1, 0.15) is 54.5 Å². The lowest BCUT2D eigenvalue weighted by atomic mass is 9.88. The van der Waals surface area contributed by atoms with Crippen molar-refractivity contribution in [3.8, 4) is 6.07 Å². The molecule has 1 saturated heterocycles. The molecule has 3 aromatic rings. The average molecular weight is 598 g/mol. The van der Waals surface area contributed by atoms with Crippen molar-refractivity contribution in [2.75, 3.05) is 31.7 Å². The number of esters is 1. The van der Waals surface area contributed by atoms with Crippen molar-refractivity contribution in [1.82, 2.24) is 14.8 Å². The number of carbonyl (C=O) groups excluding carboxylic acids is 1. The minimum absolute atomic E-state index is 0.00384. The molecule has 1 aromatic heterocycles. The predicted octanol–water partition coefficient (Wildman–Crippen LogP) is 2.62. The van der Waals surface area contributed by atoms with Crippen LogP contribution in [0.25, 0.3) is 0 Å². The van der Waals surface area contributed by atoms with Crippen LogP contribution in [-0.2, 0) is 22.1 Å². The number of nitrogens with zero attached hydrogens (tertiary/aromatic N) is 4. The summed E-state index contributed by atoms with van der Waals surface area (Å²) in [4.78, 5) is 29.4. The van der Waals surface area contributed by atoms with E-state index >= 15 is 0 Å². The van der Waals surface area contributed by atoms with Gasteiger partial charge in [0.2, 0.25) is 5.95 Å². The molecule has 226 valence electrons. The van der Waals surface area contributed by atoms with Crippen LogP contribution in [0.4, 0.5) is 24.8 Å². The number of aromatic nitrogens is 3. The van der Waals surface area contributed by atoms with Crippen molar-refractivity contribution in [1.29, 1.82) is 5.26 Å². The summed E-state index contributed by atoms with van der Waals surface area (Å²) in [5.74, 6) is -0.757. The van der Waals surface area contributed by atoms with Crippen LogP contribution in [-0.4, -0.2) is 58.7 Å². The van der Waals surface area contributed by atoms with E-state index in [-0.39, 0.29) is 29.5 Å². The molecule has 0 aliphatic carbocycles. The molecule has 3 N–H and O–H groups in total. The lowest BCUT2D eigenvalue weighted by Crippen LogP contribution is -3.14. The van der Waals surface area contributed by atoms with E-state index in [1.54, 1.807) is 25.1 Å². The molecule has 2 aliphatic rings. The molecular formula is C30H32F3N6O4+. The number of carbonyl (C=O) groups is 1. The first-order chi connectivity index (χ1) is 20.6. The van der Waals surface area contributed by atoms with E-state index < -0.39 is 29.4 Å². The number of nitriles is 1. The second kappa shape index (κ2) is 12.1. The Hall–Kier alpha value is -4.41. The van der Waals surface area contributed by atoms with Crippen molar-refractivity contribution in [3.63, 3.8) is 0 Å². The van der Waals surface area contributed by atoms with E-state index in [4.69, 9.17) is 4.74 Å². The molecule has 43 heavy (non-hydrogen) atoms. The molecule has 2 aliphatic heterocycles. The van der Waals surface area contributed by atoms with Crippen LogP contribution in [0.2, 0.25) is 0 Å². The van der Waals surface area contributed by atoms with Crippen molar-refractivity contribution >= 4 is 17.6 Å². The number of aliphatic hydroxyl groups excluding tert-OH is 1. The highest BCUT2D eigenvalue weighted by Gasteiger charge is 2.41. The number of halogens is 3. The number of allylic oxidation sites excluding steroid dienone is 1. The number of quaternary nitrogens is 1. The van der Waals surface area contributed by atoms with Crippen LogP contribution < -0.4 is 15.5 Å². The van der Waals surface area contributed by atoms with E-state index in [1.165, 1.54) is 33.6 Å². The van der Waals surface area contributed by atoms with E-state index in [2.05, 4.69) is 16.3 Å². The fourth-order valence-electron chi connectivity index (χ4n) is 6.37. The Morgan fingerprint density at radius 2 is 2.07 bits per heavy atom. The number of methoxy groups -OCH3 is 1. The number of aromatic amines is 1. The first-order valence-electron chi connectivity index (χ1n) is 14.0. The Balaban J connectivity index is 1.66. The van der Waals surface area contributed by atoms with Crippen LogP contribution in [0.15, 0.2) is 58.5 Å². The number of nitrogens with one attached hydrogen (secondary N) is 2. The minimum Gasteiger partial charge on any atom is -0.466 e. The van der Waals surface area contributed by atoms with Crippen molar-refractivity contribution in [2.45, 2.75) is 50.9 Å². The number of fused-ring (bicyclic) bond motifs is 1. The molecular weight excluding hydrogens is 565 g/mol. The van der Waals surface area contributed by atoms with Crippen molar-refractivity contribution < 1.29 is 32.7 Å². The van der Waals surface area contributed by atoms with Crippen LogP contribution in [0, 0.1) is 11.3 Å². The monoisotopic (exact) mass is 597 g/mol. The topological polar surface area (TPSA) is 129 Å². The number of anilines is 2. The molecule has 0 bridgehead atoms. The van der Waals surface area contributed by atoms with Gasteiger partial charge in [-0.15, -0.1) is 5.10 Å². The highest BCUT2D eigenvalue weighted by molar-refractivity contribution is 5.93. The second-order valence-corrected chi connectivity index (χ2v) is 10.8. The van der Waals surface area contributed by atoms with E-state index in [1.807, 2.05) is 0 Å². The highest BCUT2D eigenvalue weighted by Crippen LogP contribution is 2.43. The maximum atomic E-state index is 13.6. The van der Waals surface area contributed by atoms with Gasteiger partial charge in [0.25, 0.3) is 0 Å². The van der Waals surface area contributed by atoms with Gasteiger partial charge in [0.1, 0.15) is 12.6 Å². The average Bonchev–Trinajstić information content (AvgIpc) is 3.60. The molecule has 2 unspecified atom stereocenters. The summed E-state index contributed by atoms with van der Waals surface area (Å²) in [5, 5.41) is 25.7. The molecule has 1 fully saturated rings. The van der Waals surface area contributed by atoms with E-state index in [0.717, 1.165) is 43.5 Å². The minimum atomic E-state index is -4.62. The second-order valence-electron chi connectivity index (χ2n) is 10.8. The Kier molecular flexibility index (Phi) is 8.43. The van der Waals surface area contributed by atoms with Gasteiger partial charge in [0.15, 0.2) is 0 Å². The number of rotatable bonds is 8. The van der Waals surface area contributed by atoms with Gasteiger partial charge in [-0.3, -0.25) is 4.90 Å². The summed E-state index contributed by atoms with van der Waals surface area (Å²) < 4.78 is 47.2. The van der Waals surface area contributed by atoms with Gasteiger partial charge < -0.3 is 14.7 Å². The quantitative estimate of drug-likeness (QED) is 0.341. The molecule has 3 heterocycles.